The number of nitrogens with zero attached hydrogens (tertiary/aromatic N) is 4. The van der Waals surface area contributed by atoms with Crippen LogP contribution in [0.15, 0.2) is 96.4 Å². The maximum absolute atomic E-state index is 14.6. The lowest BCUT2D eigenvalue weighted by Crippen LogP contribution is -2.39. The van der Waals surface area contributed by atoms with Crippen molar-refractivity contribution in [2.45, 2.75) is 57.8 Å². The van der Waals surface area contributed by atoms with Crippen LogP contribution >= 0.6 is 11.3 Å². The molecule has 13 nitrogen and oxygen atoms in total. The number of carbonyl (C=O) groups is 3. The van der Waals surface area contributed by atoms with Gasteiger partial charge in [-0.2, -0.15) is 0 Å². The van der Waals surface area contributed by atoms with Crippen molar-refractivity contribution < 1.29 is 42.5 Å². The van der Waals surface area contributed by atoms with E-state index >= 15 is 0 Å². The molecule has 1 saturated heterocycles. The molecule has 4 aromatic carbocycles. The first-order valence-electron chi connectivity index (χ1n) is 21.9. The van der Waals surface area contributed by atoms with Gasteiger partial charge in [0.15, 0.2) is 0 Å². The summed E-state index contributed by atoms with van der Waals surface area (Å²) < 4.78 is 44.1. The van der Waals surface area contributed by atoms with Crippen molar-refractivity contribution in [3.05, 3.63) is 124 Å². The highest BCUT2D eigenvalue weighted by molar-refractivity contribution is 7.17. The molecule has 2 aliphatic heterocycles. The summed E-state index contributed by atoms with van der Waals surface area (Å²) in [5.41, 5.74) is 9.09. The molecule has 65 heavy (non-hydrogen) atoms. The lowest BCUT2D eigenvalue weighted by Gasteiger charge is -2.31. The van der Waals surface area contributed by atoms with Gasteiger partial charge in [-0.25, -0.2) is 18.8 Å². The fourth-order valence-electron chi connectivity index (χ4n) is 8.67. The fraction of sp³-hybridized carbons (Fsp3) is 0.340. The third kappa shape index (κ3) is 9.76. The number of aromatic nitrogens is 2. The number of alkyl carbamates (subject to hydrolysis) is 1. The Hall–Kier alpha value is -6.58. The van der Waals surface area contributed by atoms with Crippen molar-refractivity contribution in [2.75, 3.05) is 52.6 Å². The number of carbonyl (C=O) groups excluding carboxylic acids is 3. The number of amides is 3. The maximum atomic E-state index is 14.6. The van der Waals surface area contributed by atoms with Crippen LogP contribution in [0.2, 0.25) is 0 Å². The van der Waals surface area contributed by atoms with Crippen LogP contribution < -0.4 is 10.1 Å². The highest BCUT2D eigenvalue weighted by atomic mass is 32.1. The summed E-state index contributed by atoms with van der Waals surface area (Å²) in [6.07, 6.45) is -0.595. The number of fused-ring (bicyclic) bond motifs is 5. The molecule has 0 radical (unpaired) electrons. The standard InChI is InChI=1S/C50H50FN5O8S/c1-50(2,3)64-49(59)55-20-16-31-26-32(12-13-33(31)28-55)44-41-18-25-65-46(41)45(54-53-44)40-15-14-34(51)27-43(40)61-24-23-60-22-19-52-47(57)63-35-17-21-56(29-35)48(58)62-30-42-38-10-6-4-8-36(38)37-9-5-7-11-39(37)42/h4-15,18,25-27,35,42H,16-17,19-24,28-30H2,1-3H3,(H,52,57). The minimum atomic E-state index is -0.598. The Balaban J connectivity index is 0.724. The molecule has 15 heteroatoms. The van der Waals surface area contributed by atoms with Crippen LogP contribution in [0.25, 0.3) is 43.7 Å². The van der Waals surface area contributed by atoms with E-state index in [0.717, 1.165) is 54.7 Å². The van der Waals surface area contributed by atoms with Crippen LogP contribution in [0.4, 0.5) is 18.8 Å². The average Bonchev–Trinajstić information content (AvgIpc) is 4.06. The van der Waals surface area contributed by atoms with Gasteiger partial charge in [-0.3, -0.25) is 0 Å². The van der Waals surface area contributed by atoms with E-state index in [9.17, 15) is 18.8 Å². The Morgan fingerprint density at radius 3 is 2.37 bits per heavy atom. The number of hydrogen-bond donors (Lipinski definition) is 1. The molecule has 2 aromatic heterocycles. The molecule has 3 aliphatic rings. The topological polar surface area (TPSA) is 142 Å². The first kappa shape index (κ1) is 43.7. The Morgan fingerprint density at radius 2 is 1.58 bits per heavy atom. The molecular formula is C50H50FN5O8S. The van der Waals surface area contributed by atoms with Gasteiger partial charge in [-0.1, -0.05) is 60.7 Å². The Bertz CT molecular complexity index is 2690. The number of thiophene rings is 1. The van der Waals surface area contributed by atoms with E-state index in [4.69, 9.17) is 23.7 Å². The number of benzene rings is 4. The summed E-state index contributed by atoms with van der Waals surface area (Å²) in [6, 6.07) is 28.9. The number of hydrogen-bond acceptors (Lipinski definition) is 11. The van der Waals surface area contributed by atoms with Crippen LogP contribution in [0.5, 0.6) is 5.75 Å². The van der Waals surface area contributed by atoms with Crippen molar-refractivity contribution in [3.8, 4) is 39.4 Å². The molecule has 1 aliphatic carbocycles. The number of rotatable bonds is 12. The fourth-order valence-corrected chi connectivity index (χ4v) is 9.56. The molecule has 1 unspecified atom stereocenters. The molecule has 336 valence electrons. The monoisotopic (exact) mass is 899 g/mol. The summed E-state index contributed by atoms with van der Waals surface area (Å²) in [4.78, 5) is 41.6. The third-order valence-corrected chi connectivity index (χ3v) is 12.7. The second-order valence-electron chi connectivity index (χ2n) is 17.3. The molecule has 4 heterocycles. The second kappa shape index (κ2) is 18.9. The third-order valence-electron chi connectivity index (χ3n) is 11.7. The molecule has 0 spiro atoms. The molecule has 0 bridgehead atoms. The van der Waals surface area contributed by atoms with Crippen molar-refractivity contribution in [3.63, 3.8) is 0 Å². The Kier molecular flexibility index (Phi) is 12.7. The summed E-state index contributed by atoms with van der Waals surface area (Å²) >= 11 is 1.52. The molecule has 0 saturated carbocycles. The minimum absolute atomic E-state index is 0.0344. The Labute approximate surface area is 380 Å². The second-order valence-corrected chi connectivity index (χ2v) is 18.2. The normalized spacial score (nSPS) is 15.6. The van der Waals surface area contributed by atoms with Gasteiger partial charge in [-0.05, 0) is 90.2 Å². The van der Waals surface area contributed by atoms with Crippen LogP contribution in [-0.2, 0) is 31.9 Å². The van der Waals surface area contributed by atoms with Crippen molar-refractivity contribution in [1.82, 2.24) is 25.3 Å². The van der Waals surface area contributed by atoms with Crippen LogP contribution in [-0.4, -0.2) is 103 Å². The smallest absolute Gasteiger partial charge is 0.410 e. The summed E-state index contributed by atoms with van der Waals surface area (Å²) in [6.45, 7) is 8.21. The summed E-state index contributed by atoms with van der Waals surface area (Å²) in [7, 11) is 0. The first-order valence-corrected chi connectivity index (χ1v) is 22.8. The van der Waals surface area contributed by atoms with Crippen molar-refractivity contribution in [2.24, 2.45) is 0 Å². The van der Waals surface area contributed by atoms with E-state index < -0.39 is 29.7 Å². The zero-order valence-corrected chi connectivity index (χ0v) is 37.3. The maximum Gasteiger partial charge on any atom is 0.410 e. The number of ether oxygens (including phenoxy) is 5. The van der Waals surface area contributed by atoms with E-state index in [2.05, 4.69) is 45.8 Å². The molecule has 6 aromatic rings. The van der Waals surface area contributed by atoms with E-state index in [0.29, 0.717) is 49.5 Å². The predicted molar refractivity (Wildman–Crippen MR) is 244 cm³/mol. The van der Waals surface area contributed by atoms with Gasteiger partial charge < -0.3 is 38.8 Å². The summed E-state index contributed by atoms with van der Waals surface area (Å²) in [5.74, 6) is -0.186. The predicted octanol–water partition coefficient (Wildman–Crippen LogP) is 9.60. The number of nitrogens with one attached hydrogen (secondary N) is 1. The highest BCUT2D eigenvalue weighted by Crippen LogP contribution is 2.45. The van der Waals surface area contributed by atoms with Gasteiger partial charge in [0.25, 0.3) is 0 Å². The molecule has 9 rings (SSSR count). The van der Waals surface area contributed by atoms with Crippen molar-refractivity contribution >= 4 is 39.7 Å². The molecule has 3 amide bonds. The van der Waals surface area contributed by atoms with Gasteiger partial charge in [-0.15, -0.1) is 21.5 Å². The van der Waals surface area contributed by atoms with Crippen LogP contribution in [0, 0.1) is 5.82 Å². The summed E-state index contributed by atoms with van der Waals surface area (Å²) in [5, 5.41) is 14.9. The average molecular weight is 900 g/mol. The van der Waals surface area contributed by atoms with Gasteiger partial charge in [0, 0.05) is 61.1 Å². The highest BCUT2D eigenvalue weighted by Gasteiger charge is 2.33. The van der Waals surface area contributed by atoms with Gasteiger partial charge in [0.05, 0.1) is 24.5 Å². The Morgan fingerprint density at radius 1 is 0.815 bits per heavy atom. The van der Waals surface area contributed by atoms with Gasteiger partial charge >= 0.3 is 18.3 Å². The first-order chi connectivity index (χ1) is 31.5. The molecule has 1 fully saturated rings. The number of halogens is 1. The van der Waals surface area contributed by atoms with Gasteiger partial charge in [0.2, 0.25) is 0 Å². The lowest BCUT2D eigenvalue weighted by atomic mass is 9.95. The molecule has 1 N–H and O–H groups in total. The van der Waals surface area contributed by atoms with E-state index in [1.165, 1.54) is 23.5 Å². The largest absolute Gasteiger partial charge is 0.490 e. The quantitative estimate of drug-likeness (QED) is 0.0933. The van der Waals surface area contributed by atoms with Crippen molar-refractivity contribution in [1.29, 1.82) is 0 Å². The van der Waals surface area contributed by atoms with Crippen LogP contribution in [0.3, 0.4) is 0 Å². The minimum Gasteiger partial charge on any atom is -0.490 e. The van der Waals surface area contributed by atoms with Gasteiger partial charge in [0.1, 0.15) is 47.9 Å². The van der Waals surface area contributed by atoms with E-state index in [-0.39, 0.29) is 51.5 Å². The van der Waals surface area contributed by atoms with E-state index in [1.54, 1.807) is 15.9 Å². The molecular weight excluding hydrogens is 850 g/mol. The van der Waals surface area contributed by atoms with E-state index in [1.807, 2.05) is 68.6 Å². The SMILES string of the molecule is CC(C)(C)OC(=O)N1CCc2cc(-c3nnc(-c4ccc(F)cc4OCCOCCNC(=O)OC4CCN(C(=O)OCC5c6ccccc6-c6ccccc65)C4)c4sccc34)ccc2C1. The number of likely N-dealkylation sites (tertiary alicyclic amines) is 1. The van der Waals surface area contributed by atoms with Crippen LogP contribution in [0.1, 0.15) is 55.4 Å². The zero-order valence-electron chi connectivity index (χ0n) is 36.5. The lowest BCUT2D eigenvalue weighted by molar-refractivity contribution is 0.0224. The molecule has 1 atom stereocenters. The zero-order chi connectivity index (χ0) is 45.1.